The van der Waals surface area contributed by atoms with Gasteiger partial charge in [-0.15, -0.1) is 0 Å². The second kappa shape index (κ2) is 7.47. The first-order valence-electron chi connectivity index (χ1n) is 10.3. The van der Waals surface area contributed by atoms with Gasteiger partial charge in [-0.25, -0.2) is 13.8 Å². The van der Waals surface area contributed by atoms with Crippen LogP contribution in [0.4, 0.5) is 14.6 Å². The van der Waals surface area contributed by atoms with Crippen LogP contribution in [0.2, 0.25) is 5.15 Å². The first-order chi connectivity index (χ1) is 14.1. The molecule has 0 N–H and O–H groups in total. The van der Waals surface area contributed by atoms with E-state index in [9.17, 15) is 8.78 Å². The van der Waals surface area contributed by atoms with Crippen molar-refractivity contribution >= 4 is 28.3 Å². The SMILES string of the molecule is Fc1c(Cl)ncc2c(N3CCCCC3)nc(OC[C@@]34CCCN3C[C@H](F)C4)nc12. The summed E-state index contributed by atoms with van der Waals surface area (Å²) < 4.78 is 34.7. The molecule has 0 radical (unpaired) electrons. The van der Waals surface area contributed by atoms with E-state index in [1.54, 1.807) is 0 Å². The highest BCUT2D eigenvalue weighted by molar-refractivity contribution is 6.30. The molecule has 3 aliphatic heterocycles. The summed E-state index contributed by atoms with van der Waals surface area (Å²) in [6.07, 6.45) is 6.36. The van der Waals surface area contributed by atoms with E-state index in [0.29, 0.717) is 30.8 Å². The minimum Gasteiger partial charge on any atom is -0.461 e. The Morgan fingerprint density at radius 1 is 1.17 bits per heavy atom. The highest BCUT2D eigenvalue weighted by Gasteiger charge is 2.49. The molecule has 3 saturated heterocycles. The third kappa shape index (κ3) is 3.40. The van der Waals surface area contributed by atoms with E-state index in [4.69, 9.17) is 16.3 Å². The Balaban J connectivity index is 1.49. The largest absolute Gasteiger partial charge is 0.461 e. The number of aromatic nitrogens is 3. The lowest BCUT2D eigenvalue weighted by Gasteiger charge is -2.31. The maximum atomic E-state index is 14.7. The Morgan fingerprint density at radius 2 is 2.00 bits per heavy atom. The van der Waals surface area contributed by atoms with E-state index in [-0.39, 0.29) is 22.2 Å². The molecular formula is C20H24ClF2N5O. The molecule has 5 rings (SSSR count). The second-order valence-electron chi connectivity index (χ2n) is 8.37. The van der Waals surface area contributed by atoms with Gasteiger partial charge in [0.25, 0.3) is 0 Å². The Kier molecular flexibility index (Phi) is 4.94. The predicted molar refractivity (Wildman–Crippen MR) is 107 cm³/mol. The average molecular weight is 424 g/mol. The summed E-state index contributed by atoms with van der Waals surface area (Å²) in [5.41, 5.74) is -0.191. The number of hydrogen-bond acceptors (Lipinski definition) is 6. The van der Waals surface area contributed by atoms with E-state index >= 15 is 0 Å². The number of piperidine rings is 1. The topological polar surface area (TPSA) is 54.4 Å². The number of alkyl halides is 1. The van der Waals surface area contributed by atoms with Crippen molar-refractivity contribution in [3.8, 4) is 6.01 Å². The molecule has 3 aliphatic rings. The van der Waals surface area contributed by atoms with Crippen LogP contribution in [0.3, 0.4) is 0 Å². The number of nitrogens with zero attached hydrogens (tertiary/aromatic N) is 5. The Hall–Kier alpha value is -1.80. The van der Waals surface area contributed by atoms with Crippen molar-refractivity contribution < 1.29 is 13.5 Å². The molecule has 6 nitrogen and oxygen atoms in total. The number of hydrogen-bond donors (Lipinski definition) is 0. The van der Waals surface area contributed by atoms with Gasteiger partial charge in [-0.05, 0) is 38.6 Å². The lowest BCUT2D eigenvalue weighted by atomic mass is 9.95. The molecule has 2 atom stereocenters. The maximum Gasteiger partial charge on any atom is 0.319 e. The lowest BCUT2D eigenvalue weighted by Crippen LogP contribution is -2.43. The van der Waals surface area contributed by atoms with Gasteiger partial charge in [-0.1, -0.05) is 11.6 Å². The van der Waals surface area contributed by atoms with Gasteiger partial charge in [-0.3, -0.25) is 4.90 Å². The smallest absolute Gasteiger partial charge is 0.319 e. The third-order valence-corrected chi connectivity index (χ3v) is 6.75. The summed E-state index contributed by atoms with van der Waals surface area (Å²) >= 11 is 5.90. The van der Waals surface area contributed by atoms with Crippen LogP contribution in [0, 0.1) is 5.82 Å². The molecular weight excluding hydrogens is 400 g/mol. The zero-order valence-corrected chi connectivity index (χ0v) is 17.0. The molecule has 29 heavy (non-hydrogen) atoms. The Morgan fingerprint density at radius 3 is 2.83 bits per heavy atom. The number of pyridine rings is 1. The Bertz CT molecular complexity index is 925. The molecule has 156 valence electrons. The van der Waals surface area contributed by atoms with E-state index in [1.165, 1.54) is 12.6 Å². The minimum atomic E-state index is -0.831. The van der Waals surface area contributed by atoms with Crippen molar-refractivity contribution in [3.05, 3.63) is 17.2 Å². The van der Waals surface area contributed by atoms with Gasteiger partial charge in [-0.2, -0.15) is 9.97 Å². The average Bonchev–Trinajstić information content (AvgIpc) is 3.25. The van der Waals surface area contributed by atoms with E-state index < -0.39 is 12.0 Å². The van der Waals surface area contributed by atoms with E-state index in [1.807, 2.05) is 0 Å². The van der Waals surface area contributed by atoms with Gasteiger partial charge in [0.05, 0.1) is 10.9 Å². The summed E-state index contributed by atoms with van der Waals surface area (Å²) in [5, 5.41) is 0.315. The van der Waals surface area contributed by atoms with E-state index in [0.717, 1.165) is 45.3 Å². The van der Waals surface area contributed by atoms with Gasteiger partial charge in [0.1, 0.15) is 24.1 Å². The van der Waals surface area contributed by atoms with E-state index in [2.05, 4.69) is 24.8 Å². The molecule has 9 heteroatoms. The molecule has 0 bridgehead atoms. The molecule has 0 aliphatic carbocycles. The van der Waals surface area contributed by atoms with Crippen molar-refractivity contribution in [3.63, 3.8) is 0 Å². The molecule has 0 spiro atoms. The van der Waals surface area contributed by atoms with Gasteiger partial charge in [0, 0.05) is 32.3 Å². The highest BCUT2D eigenvalue weighted by atomic mass is 35.5. The van der Waals surface area contributed by atoms with Crippen LogP contribution in [0.25, 0.3) is 10.9 Å². The fourth-order valence-electron chi connectivity index (χ4n) is 5.06. The number of rotatable bonds is 4. The van der Waals surface area contributed by atoms with Gasteiger partial charge in [0.15, 0.2) is 11.0 Å². The molecule has 0 unspecified atom stereocenters. The molecule has 0 amide bonds. The van der Waals surface area contributed by atoms with Crippen LogP contribution in [-0.4, -0.2) is 64.3 Å². The number of ether oxygens (including phenoxy) is 1. The normalized spacial score (nSPS) is 27.6. The Labute approximate surface area is 173 Å². The van der Waals surface area contributed by atoms with Crippen LogP contribution < -0.4 is 9.64 Å². The van der Waals surface area contributed by atoms with Crippen molar-refractivity contribution in [1.82, 2.24) is 19.9 Å². The zero-order chi connectivity index (χ0) is 20.0. The van der Waals surface area contributed by atoms with Crippen LogP contribution in [0.15, 0.2) is 6.20 Å². The first kappa shape index (κ1) is 19.2. The van der Waals surface area contributed by atoms with Crippen LogP contribution in [0.1, 0.15) is 38.5 Å². The van der Waals surface area contributed by atoms with Crippen LogP contribution >= 0.6 is 11.6 Å². The van der Waals surface area contributed by atoms with Crippen molar-refractivity contribution in [2.24, 2.45) is 0 Å². The fraction of sp³-hybridized carbons (Fsp3) is 0.650. The molecule has 5 heterocycles. The van der Waals surface area contributed by atoms with Crippen molar-refractivity contribution in [1.29, 1.82) is 0 Å². The second-order valence-corrected chi connectivity index (χ2v) is 8.72. The first-order valence-corrected chi connectivity index (χ1v) is 10.7. The molecule has 2 aromatic rings. The molecule has 2 aromatic heterocycles. The molecule has 3 fully saturated rings. The lowest BCUT2D eigenvalue weighted by molar-refractivity contribution is 0.107. The maximum absolute atomic E-state index is 14.7. The van der Waals surface area contributed by atoms with Gasteiger partial charge >= 0.3 is 6.01 Å². The third-order valence-electron chi connectivity index (χ3n) is 6.49. The summed E-state index contributed by atoms with van der Waals surface area (Å²) in [6, 6.07) is 0.114. The van der Waals surface area contributed by atoms with Crippen molar-refractivity contribution in [2.75, 3.05) is 37.7 Å². The number of fused-ring (bicyclic) bond motifs is 2. The van der Waals surface area contributed by atoms with Gasteiger partial charge < -0.3 is 9.64 Å². The summed E-state index contributed by atoms with van der Waals surface area (Å²) in [7, 11) is 0. The standard InChI is InChI=1S/C20H24ClF2N5O/c21-17-15(23)16-14(10-24-17)18(27-6-2-1-3-7-27)26-19(25-16)29-12-20-5-4-8-28(20)11-13(22)9-20/h10,13H,1-9,11-12H2/t13-,20+/m1/s1. The van der Waals surface area contributed by atoms with Crippen molar-refractivity contribution in [2.45, 2.75) is 50.2 Å². The highest BCUT2D eigenvalue weighted by Crippen LogP contribution is 2.40. The monoisotopic (exact) mass is 423 g/mol. The number of halogens is 3. The predicted octanol–water partition coefficient (Wildman–Crippen LogP) is 3.76. The minimum absolute atomic E-state index is 0.114. The zero-order valence-electron chi connectivity index (χ0n) is 16.2. The van der Waals surface area contributed by atoms with Gasteiger partial charge in [0.2, 0.25) is 0 Å². The molecule has 0 aromatic carbocycles. The fourth-order valence-corrected chi connectivity index (χ4v) is 5.20. The summed E-state index contributed by atoms with van der Waals surface area (Å²) in [5.74, 6) is -0.0386. The summed E-state index contributed by atoms with van der Waals surface area (Å²) in [6.45, 7) is 3.33. The molecule has 0 saturated carbocycles. The van der Waals surface area contributed by atoms with Crippen LogP contribution in [0.5, 0.6) is 6.01 Å². The van der Waals surface area contributed by atoms with Crippen LogP contribution in [-0.2, 0) is 0 Å². The summed E-state index contributed by atoms with van der Waals surface area (Å²) in [4.78, 5) is 17.2. The quantitative estimate of drug-likeness (QED) is 0.698. The number of anilines is 1.